The van der Waals surface area contributed by atoms with E-state index in [1.165, 1.54) is 0 Å². The second-order valence-electron chi connectivity index (χ2n) is 4.32. The Bertz CT molecular complexity index is 237. The molecule has 2 amide bonds. The van der Waals surface area contributed by atoms with Gasteiger partial charge in [0.1, 0.15) is 0 Å². The van der Waals surface area contributed by atoms with Gasteiger partial charge in [0.25, 0.3) is 0 Å². The maximum atomic E-state index is 11.1. The SMILES string of the molecule is CC(CCN(C)C)N1CC(=O)NC(=O)C1. The Morgan fingerprint density at radius 3 is 2.33 bits per heavy atom. The van der Waals surface area contributed by atoms with E-state index < -0.39 is 0 Å². The number of hydrogen-bond donors (Lipinski definition) is 1. The van der Waals surface area contributed by atoms with Gasteiger partial charge in [-0.1, -0.05) is 0 Å². The van der Waals surface area contributed by atoms with Gasteiger partial charge in [0, 0.05) is 6.04 Å². The van der Waals surface area contributed by atoms with Crippen molar-refractivity contribution in [2.75, 3.05) is 33.7 Å². The molecule has 86 valence electrons. The Balaban J connectivity index is 2.41. The van der Waals surface area contributed by atoms with E-state index in [9.17, 15) is 9.59 Å². The predicted octanol–water partition coefficient (Wildman–Crippen LogP) is -0.715. The number of hydrogen-bond acceptors (Lipinski definition) is 4. The zero-order valence-electron chi connectivity index (χ0n) is 9.62. The first-order chi connectivity index (χ1) is 6.99. The van der Waals surface area contributed by atoms with Crippen LogP contribution < -0.4 is 5.32 Å². The molecule has 1 N–H and O–H groups in total. The molecule has 5 nitrogen and oxygen atoms in total. The van der Waals surface area contributed by atoms with Gasteiger partial charge in [-0.05, 0) is 34.0 Å². The van der Waals surface area contributed by atoms with Crippen molar-refractivity contribution in [1.29, 1.82) is 0 Å². The standard InChI is InChI=1S/C10H19N3O2/c1-8(4-5-12(2)3)13-6-9(14)11-10(15)7-13/h8H,4-7H2,1-3H3,(H,11,14,15). The molecule has 0 radical (unpaired) electrons. The van der Waals surface area contributed by atoms with E-state index in [0.717, 1.165) is 13.0 Å². The quantitative estimate of drug-likeness (QED) is 0.627. The summed E-state index contributed by atoms with van der Waals surface area (Å²) in [6, 6.07) is 0.266. The summed E-state index contributed by atoms with van der Waals surface area (Å²) < 4.78 is 0. The third-order valence-corrected chi connectivity index (χ3v) is 2.59. The number of rotatable bonds is 4. The smallest absolute Gasteiger partial charge is 0.240 e. The fraction of sp³-hybridized carbons (Fsp3) is 0.800. The zero-order chi connectivity index (χ0) is 11.4. The minimum Gasteiger partial charge on any atom is -0.309 e. The Morgan fingerprint density at radius 1 is 1.33 bits per heavy atom. The number of piperazine rings is 1. The summed E-state index contributed by atoms with van der Waals surface area (Å²) in [6.07, 6.45) is 0.966. The van der Waals surface area contributed by atoms with Gasteiger partial charge in [-0.3, -0.25) is 19.8 Å². The van der Waals surface area contributed by atoms with Crippen LogP contribution in [-0.2, 0) is 9.59 Å². The molecule has 1 aliphatic heterocycles. The van der Waals surface area contributed by atoms with E-state index in [2.05, 4.69) is 17.1 Å². The second-order valence-corrected chi connectivity index (χ2v) is 4.32. The van der Waals surface area contributed by atoms with Crippen molar-refractivity contribution in [3.63, 3.8) is 0 Å². The summed E-state index contributed by atoms with van der Waals surface area (Å²) in [7, 11) is 4.03. The van der Waals surface area contributed by atoms with Crippen LogP contribution in [0.3, 0.4) is 0 Å². The van der Waals surface area contributed by atoms with Gasteiger partial charge in [0.05, 0.1) is 13.1 Å². The highest BCUT2D eigenvalue weighted by atomic mass is 16.2. The molecule has 1 atom stereocenters. The molecule has 1 heterocycles. The van der Waals surface area contributed by atoms with Crippen LogP contribution in [0.5, 0.6) is 0 Å². The van der Waals surface area contributed by atoms with Crippen molar-refractivity contribution in [3.05, 3.63) is 0 Å². The van der Waals surface area contributed by atoms with Crippen LogP contribution in [0, 0.1) is 0 Å². The first kappa shape index (κ1) is 12.1. The van der Waals surface area contributed by atoms with Crippen LogP contribution in [0.15, 0.2) is 0 Å². The van der Waals surface area contributed by atoms with Crippen LogP contribution in [0.4, 0.5) is 0 Å². The summed E-state index contributed by atoms with van der Waals surface area (Å²) in [5, 5.41) is 2.30. The number of carbonyl (C=O) groups is 2. The van der Waals surface area contributed by atoms with Crippen molar-refractivity contribution in [1.82, 2.24) is 15.1 Å². The predicted molar refractivity (Wildman–Crippen MR) is 57.4 cm³/mol. The largest absolute Gasteiger partial charge is 0.309 e. The minimum atomic E-state index is -0.192. The number of nitrogens with zero attached hydrogens (tertiary/aromatic N) is 2. The fourth-order valence-electron chi connectivity index (χ4n) is 1.60. The van der Waals surface area contributed by atoms with Gasteiger partial charge in [-0.25, -0.2) is 0 Å². The van der Waals surface area contributed by atoms with Gasteiger partial charge < -0.3 is 4.90 Å². The highest BCUT2D eigenvalue weighted by molar-refractivity contribution is 5.99. The first-order valence-corrected chi connectivity index (χ1v) is 5.20. The van der Waals surface area contributed by atoms with Crippen molar-refractivity contribution in [3.8, 4) is 0 Å². The summed E-state index contributed by atoms with van der Waals surface area (Å²) in [5.41, 5.74) is 0. The lowest BCUT2D eigenvalue weighted by Gasteiger charge is -2.31. The molecule has 0 bridgehead atoms. The van der Waals surface area contributed by atoms with Crippen molar-refractivity contribution in [2.24, 2.45) is 0 Å². The average molecular weight is 213 g/mol. The van der Waals surface area contributed by atoms with Gasteiger partial charge >= 0.3 is 0 Å². The summed E-state index contributed by atoms with van der Waals surface area (Å²) in [4.78, 5) is 26.3. The van der Waals surface area contributed by atoms with E-state index >= 15 is 0 Å². The average Bonchev–Trinajstić information content (AvgIpc) is 2.12. The zero-order valence-corrected chi connectivity index (χ0v) is 9.62. The molecule has 15 heavy (non-hydrogen) atoms. The third kappa shape index (κ3) is 3.97. The second kappa shape index (κ2) is 5.23. The Morgan fingerprint density at radius 2 is 1.87 bits per heavy atom. The maximum absolute atomic E-state index is 11.1. The number of carbonyl (C=O) groups excluding carboxylic acids is 2. The maximum Gasteiger partial charge on any atom is 0.240 e. The van der Waals surface area contributed by atoms with Gasteiger partial charge in [-0.2, -0.15) is 0 Å². The van der Waals surface area contributed by atoms with Crippen LogP contribution in [-0.4, -0.2) is 61.4 Å². The lowest BCUT2D eigenvalue weighted by atomic mass is 10.1. The minimum absolute atomic E-state index is 0.192. The molecular formula is C10H19N3O2. The van der Waals surface area contributed by atoms with Crippen molar-refractivity contribution >= 4 is 11.8 Å². The molecule has 0 aromatic rings. The first-order valence-electron chi connectivity index (χ1n) is 5.20. The monoisotopic (exact) mass is 213 g/mol. The molecule has 0 aromatic heterocycles. The molecule has 5 heteroatoms. The molecule has 0 saturated carbocycles. The Hall–Kier alpha value is -0.940. The molecule has 0 spiro atoms. The van der Waals surface area contributed by atoms with E-state index in [0.29, 0.717) is 13.1 Å². The van der Waals surface area contributed by atoms with E-state index in [1.807, 2.05) is 19.0 Å². The summed E-state index contributed by atoms with van der Waals surface area (Å²) in [6.45, 7) is 3.68. The fourth-order valence-corrected chi connectivity index (χ4v) is 1.60. The molecule has 1 unspecified atom stereocenters. The van der Waals surface area contributed by atoms with Crippen molar-refractivity contribution < 1.29 is 9.59 Å². The van der Waals surface area contributed by atoms with Crippen molar-refractivity contribution in [2.45, 2.75) is 19.4 Å². The molecule has 0 aromatic carbocycles. The summed E-state index contributed by atoms with van der Waals surface area (Å²) in [5.74, 6) is -0.383. The lowest BCUT2D eigenvalue weighted by molar-refractivity contribution is -0.137. The topological polar surface area (TPSA) is 52.6 Å². The van der Waals surface area contributed by atoms with Gasteiger partial charge in [-0.15, -0.1) is 0 Å². The van der Waals surface area contributed by atoms with Crippen LogP contribution >= 0.6 is 0 Å². The number of imide groups is 1. The highest BCUT2D eigenvalue weighted by Crippen LogP contribution is 2.06. The third-order valence-electron chi connectivity index (χ3n) is 2.59. The Kier molecular flexibility index (Phi) is 4.23. The normalized spacial score (nSPS) is 20.5. The number of amides is 2. The summed E-state index contributed by atoms with van der Waals surface area (Å²) >= 11 is 0. The van der Waals surface area contributed by atoms with E-state index in [-0.39, 0.29) is 17.9 Å². The molecule has 1 rings (SSSR count). The highest BCUT2D eigenvalue weighted by Gasteiger charge is 2.25. The van der Waals surface area contributed by atoms with Gasteiger partial charge in [0.2, 0.25) is 11.8 Å². The van der Waals surface area contributed by atoms with Gasteiger partial charge in [0.15, 0.2) is 0 Å². The molecule has 0 aliphatic carbocycles. The molecule has 1 fully saturated rings. The molecular weight excluding hydrogens is 194 g/mol. The molecule has 1 saturated heterocycles. The van der Waals surface area contributed by atoms with E-state index in [4.69, 9.17) is 0 Å². The van der Waals surface area contributed by atoms with E-state index in [1.54, 1.807) is 0 Å². The lowest BCUT2D eigenvalue weighted by Crippen LogP contribution is -2.54. The van der Waals surface area contributed by atoms with Crippen LogP contribution in [0.25, 0.3) is 0 Å². The number of nitrogens with one attached hydrogen (secondary N) is 1. The Labute approximate surface area is 90.4 Å². The van der Waals surface area contributed by atoms with Crippen LogP contribution in [0.2, 0.25) is 0 Å². The molecule has 1 aliphatic rings. The van der Waals surface area contributed by atoms with Crippen LogP contribution in [0.1, 0.15) is 13.3 Å².